The van der Waals surface area contributed by atoms with E-state index in [-0.39, 0.29) is 23.2 Å². The third kappa shape index (κ3) is 3.22. The summed E-state index contributed by atoms with van der Waals surface area (Å²) in [5.41, 5.74) is 2.75. The predicted octanol–water partition coefficient (Wildman–Crippen LogP) is 4.63. The van der Waals surface area contributed by atoms with Gasteiger partial charge in [0.2, 0.25) is 11.5 Å². The van der Waals surface area contributed by atoms with Crippen molar-refractivity contribution < 1.29 is 19.2 Å². The van der Waals surface area contributed by atoms with E-state index in [4.69, 9.17) is 4.52 Å². The van der Waals surface area contributed by atoms with Gasteiger partial charge in [-0.2, -0.15) is 0 Å². The topological polar surface area (TPSA) is 92.4 Å². The van der Waals surface area contributed by atoms with Crippen molar-refractivity contribution in [3.05, 3.63) is 74.0 Å². The number of nitrogens with zero attached hydrogens (tertiary/aromatic N) is 1. The van der Waals surface area contributed by atoms with E-state index in [0.29, 0.717) is 36.9 Å². The average Bonchev–Trinajstić information content (AvgIpc) is 3.27. The Morgan fingerprint density at radius 1 is 1.15 bits per heavy atom. The molecule has 134 valence electrons. The van der Waals surface area contributed by atoms with Gasteiger partial charge in [-0.1, -0.05) is 5.16 Å². The molecule has 1 amide bonds. The van der Waals surface area contributed by atoms with Gasteiger partial charge in [0.1, 0.15) is 5.75 Å². The molecule has 0 fully saturated rings. The van der Waals surface area contributed by atoms with E-state index in [1.165, 1.54) is 12.3 Å². The lowest BCUT2D eigenvalue weighted by Crippen LogP contribution is -2.03. The van der Waals surface area contributed by atoms with Crippen LogP contribution < -0.4 is 5.32 Å². The summed E-state index contributed by atoms with van der Waals surface area (Å²) >= 11 is 6.55. The molecule has 1 aliphatic rings. The van der Waals surface area contributed by atoms with Gasteiger partial charge in [-0.3, -0.25) is 9.59 Å². The van der Waals surface area contributed by atoms with Crippen molar-refractivity contribution in [2.75, 3.05) is 5.32 Å². The zero-order valence-corrected chi connectivity index (χ0v) is 16.7. The fourth-order valence-corrected chi connectivity index (χ4v) is 4.00. The van der Waals surface area contributed by atoms with Gasteiger partial charge in [-0.15, -0.1) is 0 Å². The van der Waals surface area contributed by atoms with Gasteiger partial charge in [-0.25, -0.2) is 0 Å². The maximum absolute atomic E-state index is 12.5. The number of carbonyl (C=O) groups excluding carboxylic acids is 2. The summed E-state index contributed by atoms with van der Waals surface area (Å²) in [5, 5.41) is 16.2. The molecule has 6 nitrogen and oxygen atoms in total. The Balaban J connectivity index is 1.78. The highest BCUT2D eigenvalue weighted by molar-refractivity contribution is 9.11. The Hall–Kier alpha value is -2.71. The number of fused-ring (bicyclic) bond motifs is 1. The summed E-state index contributed by atoms with van der Waals surface area (Å²) in [5.74, 6) is -0.378. The number of phenols is 1. The van der Waals surface area contributed by atoms with Crippen LogP contribution in [0.3, 0.4) is 0 Å². The number of hydrogen-bond donors (Lipinski definition) is 2. The molecule has 0 unspecified atom stereocenters. The van der Waals surface area contributed by atoms with Crippen LogP contribution in [0.2, 0.25) is 0 Å². The zero-order chi connectivity index (χ0) is 19.1. The number of carbonyl (C=O) groups is 2. The van der Waals surface area contributed by atoms with Gasteiger partial charge in [0, 0.05) is 28.5 Å². The number of benzene rings is 2. The highest BCUT2D eigenvalue weighted by Crippen LogP contribution is 2.37. The van der Waals surface area contributed by atoms with Crippen LogP contribution in [0.1, 0.15) is 27.2 Å². The highest BCUT2D eigenvalue weighted by Gasteiger charge is 2.26. The Morgan fingerprint density at radius 3 is 2.56 bits per heavy atom. The van der Waals surface area contributed by atoms with Crippen LogP contribution in [0.5, 0.6) is 5.75 Å². The van der Waals surface area contributed by atoms with Gasteiger partial charge < -0.3 is 14.9 Å². The van der Waals surface area contributed by atoms with Crippen molar-refractivity contribution in [2.45, 2.75) is 0 Å². The molecule has 2 heterocycles. The molecule has 0 aliphatic carbocycles. The van der Waals surface area contributed by atoms with E-state index in [1.54, 1.807) is 36.4 Å². The molecule has 4 rings (SSSR count). The minimum atomic E-state index is -0.316. The minimum absolute atomic E-state index is 0.0772. The molecule has 0 saturated carbocycles. The third-order valence-corrected chi connectivity index (χ3v) is 5.29. The first-order valence-corrected chi connectivity index (χ1v) is 9.33. The summed E-state index contributed by atoms with van der Waals surface area (Å²) in [6.45, 7) is 0. The van der Waals surface area contributed by atoms with E-state index in [2.05, 4.69) is 42.3 Å². The first-order valence-electron chi connectivity index (χ1n) is 7.75. The predicted molar refractivity (Wildman–Crippen MR) is 106 cm³/mol. The van der Waals surface area contributed by atoms with Crippen molar-refractivity contribution in [1.29, 1.82) is 0 Å². The highest BCUT2D eigenvalue weighted by atomic mass is 79.9. The summed E-state index contributed by atoms with van der Waals surface area (Å²) in [4.78, 5) is 24.9. The molecule has 1 aromatic heterocycles. The molecule has 1 aliphatic heterocycles. The molecule has 0 bridgehead atoms. The standard InChI is InChI=1S/C19H10Br2N2O4/c20-13-6-9(7-14(21)18(13)25)5-12-11-8-10(1-2-15(11)23-19(12)26)17(24)16-3-4-22-27-16/h1-8,25H,(H,23,26). The number of halogens is 2. The lowest BCUT2D eigenvalue weighted by Gasteiger charge is -2.05. The van der Waals surface area contributed by atoms with Crippen LogP contribution in [-0.2, 0) is 4.79 Å². The van der Waals surface area contributed by atoms with Crippen molar-refractivity contribution in [3.8, 4) is 5.75 Å². The van der Waals surface area contributed by atoms with Crippen LogP contribution >= 0.6 is 31.9 Å². The van der Waals surface area contributed by atoms with Crippen LogP contribution in [0.4, 0.5) is 5.69 Å². The molecule has 2 aromatic carbocycles. The average molecular weight is 490 g/mol. The SMILES string of the molecule is O=C1Nc2ccc(C(=O)c3ccno3)cc2C1=Cc1cc(Br)c(O)c(Br)c1. The maximum Gasteiger partial charge on any atom is 0.256 e. The molecule has 0 atom stereocenters. The second-order valence-electron chi connectivity index (χ2n) is 5.81. The van der Waals surface area contributed by atoms with Gasteiger partial charge >= 0.3 is 0 Å². The molecule has 0 spiro atoms. The fourth-order valence-electron chi connectivity index (χ4n) is 2.78. The van der Waals surface area contributed by atoms with Crippen LogP contribution in [0, 0.1) is 0 Å². The summed E-state index contributed by atoms with van der Waals surface area (Å²) in [6, 6.07) is 9.83. The van der Waals surface area contributed by atoms with Crippen molar-refractivity contribution in [3.63, 3.8) is 0 Å². The Kier molecular flexibility index (Phi) is 4.45. The fraction of sp³-hybridized carbons (Fsp3) is 0. The second kappa shape index (κ2) is 6.79. The summed E-state index contributed by atoms with van der Waals surface area (Å²) in [6.07, 6.45) is 3.09. The number of phenolic OH excluding ortho intramolecular Hbond substituents is 1. The monoisotopic (exact) mass is 488 g/mol. The normalized spacial score (nSPS) is 14.3. The van der Waals surface area contributed by atoms with Gasteiger partial charge in [0.25, 0.3) is 5.91 Å². The molecule has 2 N–H and O–H groups in total. The molecular weight excluding hydrogens is 480 g/mol. The molecule has 0 saturated heterocycles. The lowest BCUT2D eigenvalue weighted by molar-refractivity contribution is -0.110. The van der Waals surface area contributed by atoms with Gasteiger partial charge in [-0.05, 0) is 73.8 Å². The number of hydrogen-bond acceptors (Lipinski definition) is 5. The Labute approximate surface area is 170 Å². The van der Waals surface area contributed by atoms with E-state index < -0.39 is 0 Å². The smallest absolute Gasteiger partial charge is 0.256 e. The van der Waals surface area contributed by atoms with Gasteiger partial charge in [0.15, 0.2) is 0 Å². The third-order valence-electron chi connectivity index (χ3n) is 4.08. The molecule has 0 radical (unpaired) electrons. The largest absolute Gasteiger partial charge is 0.506 e. The molecule has 27 heavy (non-hydrogen) atoms. The Morgan fingerprint density at radius 2 is 1.89 bits per heavy atom. The number of aromatic hydroxyl groups is 1. The second-order valence-corrected chi connectivity index (χ2v) is 7.52. The number of ketones is 1. The van der Waals surface area contributed by atoms with Crippen LogP contribution in [-0.4, -0.2) is 22.0 Å². The molecule has 8 heteroatoms. The molecular formula is C19H10Br2N2O4. The first kappa shape index (κ1) is 17.7. The van der Waals surface area contributed by atoms with Crippen LogP contribution in [0.15, 0.2) is 56.1 Å². The summed E-state index contributed by atoms with van der Waals surface area (Å²) in [7, 11) is 0. The maximum atomic E-state index is 12.5. The van der Waals surface area contributed by atoms with Crippen molar-refractivity contribution in [2.24, 2.45) is 0 Å². The van der Waals surface area contributed by atoms with Crippen molar-refractivity contribution in [1.82, 2.24) is 5.16 Å². The lowest BCUT2D eigenvalue weighted by atomic mass is 9.99. The first-order chi connectivity index (χ1) is 12.9. The van der Waals surface area contributed by atoms with Crippen LogP contribution in [0.25, 0.3) is 11.6 Å². The van der Waals surface area contributed by atoms with Crippen molar-refractivity contribution >= 4 is 60.9 Å². The number of rotatable bonds is 3. The van der Waals surface area contributed by atoms with E-state index in [0.717, 1.165) is 0 Å². The summed E-state index contributed by atoms with van der Waals surface area (Å²) < 4.78 is 5.91. The number of aromatic nitrogens is 1. The molecule has 3 aromatic rings. The van der Waals surface area contributed by atoms with E-state index in [1.807, 2.05) is 0 Å². The quantitative estimate of drug-likeness (QED) is 0.413. The zero-order valence-electron chi connectivity index (χ0n) is 13.5. The minimum Gasteiger partial charge on any atom is -0.506 e. The number of nitrogens with one attached hydrogen (secondary N) is 1. The van der Waals surface area contributed by atoms with E-state index in [9.17, 15) is 14.7 Å². The Bertz CT molecular complexity index is 1100. The number of amides is 1. The van der Waals surface area contributed by atoms with Gasteiger partial charge in [0.05, 0.1) is 15.1 Å². The van der Waals surface area contributed by atoms with E-state index >= 15 is 0 Å². The number of anilines is 1.